The average Bonchev–Trinajstić information content (AvgIpc) is 2.53. The second-order valence-corrected chi connectivity index (χ2v) is 6.15. The summed E-state index contributed by atoms with van der Waals surface area (Å²) in [5, 5.41) is 2.67. The summed E-state index contributed by atoms with van der Waals surface area (Å²) in [7, 11) is 0. The Labute approximate surface area is 159 Å². The van der Waals surface area contributed by atoms with E-state index >= 15 is 0 Å². The van der Waals surface area contributed by atoms with Gasteiger partial charge in [-0.15, -0.1) is 0 Å². The standard InChI is InChI=1S/C14H14N2O2.C7H10N2/c1-10-8-12(9-11(2)15-10)16-14(17)18-13-6-4-3-5-7-13;1-5-3-7(8)4-6(2)9-5/h3-9H,1-2H3,(H,15,16,17);3-4H,1-2H3,(H2,8,9). The number of aromatic nitrogens is 2. The molecule has 0 spiro atoms. The van der Waals surface area contributed by atoms with Gasteiger partial charge in [-0.25, -0.2) is 4.79 Å². The first-order valence-electron chi connectivity index (χ1n) is 8.52. The number of hydrogen-bond acceptors (Lipinski definition) is 5. The van der Waals surface area contributed by atoms with Gasteiger partial charge < -0.3 is 10.5 Å². The Bertz CT molecular complexity index is 841. The summed E-state index contributed by atoms with van der Waals surface area (Å²) in [4.78, 5) is 20.0. The Balaban J connectivity index is 0.000000244. The van der Waals surface area contributed by atoms with Gasteiger partial charge in [-0.1, -0.05) is 18.2 Å². The van der Waals surface area contributed by atoms with Gasteiger partial charge in [0.2, 0.25) is 0 Å². The third-order valence-corrected chi connectivity index (χ3v) is 3.39. The fraction of sp³-hybridized carbons (Fsp3) is 0.190. The van der Waals surface area contributed by atoms with Crippen molar-refractivity contribution < 1.29 is 9.53 Å². The molecule has 0 unspecified atom stereocenters. The molecular formula is C21H24N4O2. The molecule has 1 aromatic carbocycles. The summed E-state index contributed by atoms with van der Waals surface area (Å²) in [5.74, 6) is 0.512. The normalized spacial score (nSPS) is 9.78. The molecule has 0 atom stereocenters. The fourth-order valence-corrected chi connectivity index (χ4v) is 2.51. The zero-order chi connectivity index (χ0) is 19.8. The molecule has 27 heavy (non-hydrogen) atoms. The summed E-state index contributed by atoms with van der Waals surface area (Å²) in [6.07, 6.45) is -0.508. The molecule has 1 amide bonds. The number of amides is 1. The number of nitrogens with zero attached hydrogens (tertiary/aromatic N) is 2. The lowest BCUT2D eigenvalue weighted by Crippen LogP contribution is -2.17. The van der Waals surface area contributed by atoms with Crippen LogP contribution in [0.4, 0.5) is 16.2 Å². The van der Waals surface area contributed by atoms with Crippen LogP contribution in [0, 0.1) is 27.7 Å². The molecular weight excluding hydrogens is 340 g/mol. The number of para-hydroxylation sites is 1. The van der Waals surface area contributed by atoms with E-state index in [1.54, 1.807) is 24.3 Å². The molecule has 140 valence electrons. The zero-order valence-corrected chi connectivity index (χ0v) is 16.0. The summed E-state index contributed by atoms with van der Waals surface area (Å²) >= 11 is 0. The third kappa shape index (κ3) is 7.15. The predicted octanol–water partition coefficient (Wildman–Crippen LogP) is 4.59. The van der Waals surface area contributed by atoms with Gasteiger partial charge >= 0.3 is 6.09 Å². The number of rotatable bonds is 2. The fourth-order valence-electron chi connectivity index (χ4n) is 2.51. The minimum atomic E-state index is -0.508. The number of hydrogen-bond donors (Lipinski definition) is 2. The predicted molar refractivity (Wildman–Crippen MR) is 108 cm³/mol. The van der Waals surface area contributed by atoms with Crippen LogP contribution in [-0.2, 0) is 0 Å². The largest absolute Gasteiger partial charge is 0.417 e. The van der Waals surface area contributed by atoms with E-state index < -0.39 is 6.09 Å². The number of carbonyl (C=O) groups excluding carboxylic acids is 1. The van der Waals surface area contributed by atoms with Crippen molar-refractivity contribution >= 4 is 17.5 Å². The Hall–Kier alpha value is -3.41. The molecule has 6 heteroatoms. The van der Waals surface area contributed by atoms with Gasteiger partial charge in [0, 0.05) is 34.2 Å². The maximum Gasteiger partial charge on any atom is 0.417 e. The molecule has 3 aromatic rings. The number of pyridine rings is 2. The van der Waals surface area contributed by atoms with E-state index in [-0.39, 0.29) is 0 Å². The van der Waals surface area contributed by atoms with E-state index in [9.17, 15) is 4.79 Å². The van der Waals surface area contributed by atoms with Gasteiger partial charge in [0.15, 0.2) is 0 Å². The molecule has 3 N–H and O–H groups in total. The van der Waals surface area contributed by atoms with Crippen LogP contribution in [0.2, 0.25) is 0 Å². The zero-order valence-electron chi connectivity index (χ0n) is 16.0. The quantitative estimate of drug-likeness (QED) is 0.694. The van der Waals surface area contributed by atoms with Gasteiger partial charge in [-0.3, -0.25) is 15.3 Å². The number of nitrogen functional groups attached to an aromatic ring is 1. The molecule has 0 bridgehead atoms. The summed E-state index contributed by atoms with van der Waals surface area (Å²) in [6.45, 7) is 7.62. The number of ether oxygens (including phenoxy) is 1. The van der Waals surface area contributed by atoms with Gasteiger partial charge in [0.05, 0.1) is 0 Å². The smallest absolute Gasteiger partial charge is 0.410 e. The summed E-state index contributed by atoms with van der Waals surface area (Å²) in [5.41, 5.74) is 10.7. The highest BCUT2D eigenvalue weighted by atomic mass is 16.6. The van der Waals surface area contributed by atoms with Crippen LogP contribution in [0.5, 0.6) is 5.75 Å². The number of nitrogens with one attached hydrogen (secondary N) is 1. The number of aryl methyl sites for hydroxylation is 4. The highest BCUT2D eigenvalue weighted by Crippen LogP contribution is 2.13. The topological polar surface area (TPSA) is 90.1 Å². The van der Waals surface area contributed by atoms with Crippen molar-refractivity contribution in [3.05, 3.63) is 77.4 Å². The number of anilines is 2. The van der Waals surface area contributed by atoms with Crippen LogP contribution in [0.15, 0.2) is 54.6 Å². The Kier molecular flexibility index (Phi) is 6.88. The average molecular weight is 364 g/mol. The molecule has 0 aliphatic rings. The molecule has 0 saturated heterocycles. The lowest BCUT2D eigenvalue weighted by molar-refractivity contribution is 0.215. The van der Waals surface area contributed by atoms with Crippen molar-refractivity contribution in [2.45, 2.75) is 27.7 Å². The van der Waals surface area contributed by atoms with Crippen molar-refractivity contribution in [1.82, 2.24) is 9.97 Å². The van der Waals surface area contributed by atoms with Gasteiger partial charge in [0.1, 0.15) is 5.75 Å². The monoisotopic (exact) mass is 364 g/mol. The first-order chi connectivity index (χ1) is 12.8. The second kappa shape index (κ2) is 9.33. The third-order valence-electron chi connectivity index (χ3n) is 3.39. The van der Waals surface area contributed by atoms with Crippen molar-refractivity contribution in [2.24, 2.45) is 0 Å². The summed E-state index contributed by atoms with van der Waals surface area (Å²) < 4.78 is 5.13. The molecule has 6 nitrogen and oxygen atoms in total. The molecule has 0 radical (unpaired) electrons. The van der Waals surface area contributed by atoms with Crippen molar-refractivity contribution in [2.75, 3.05) is 11.1 Å². The molecule has 2 aromatic heterocycles. The lowest BCUT2D eigenvalue weighted by atomic mass is 10.3. The van der Waals surface area contributed by atoms with Crippen LogP contribution in [-0.4, -0.2) is 16.1 Å². The van der Waals surface area contributed by atoms with Gasteiger partial charge in [0.25, 0.3) is 0 Å². The Morgan fingerprint density at radius 3 is 1.81 bits per heavy atom. The summed E-state index contributed by atoms with van der Waals surface area (Å²) in [6, 6.07) is 16.2. The lowest BCUT2D eigenvalue weighted by Gasteiger charge is -2.07. The number of carbonyl (C=O) groups is 1. The van der Waals surface area contributed by atoms with E-state index in [0.717, 1.165) is 28.5 Å². The first-order valence-corrected chi connectivity index (χ1v) is 8.52. The van der Waals surface area contributed by atoms with Crippen LogP contribution in [0.3, 0.4) is 0 Å². The highest BCUT2D eigenvalue weighted by Gasteiger charge is 2.05. The highest BCUT2D eigenvalue weighted by molar-refractivity contribution is 5.86. The molecule has 3 rings (SSSR count). The molecule has 2 heterocycles. The van der Waals surface area contributed by atoms with E-state index in [0.29, 0.717) is 11.4 Å². The van der Waals surface area contributed by atoms with Crippen LogP contribution < -0.4 is 15.8 Å². The SMILES string of the molecule is Cc1cc(N)cc(C)n1.Cc1cc(NC(=O)Oc2ccccc2)cc(C)n1. The van der Waals surface area contributed by atoms with E-state index in [1.807, 2.05) is 58.0 Å². The van der Waals surface area contributed by atoms with Crippen molar-refractivity contribution in [1.29, 1.82) is 0 Å². The van der Waals surface area contributed by atoms with E-state index in [1.165, 1.54) is 0 Å². The number of benzene rings is 1. The van der Waals surface area contributed by atoms with Crippen molar-refractivity contribution in [3.8, 4) is 5.75 Å². The molecule has 0 aliphatic carbocycles. The van der Waals surface area contributed by atoms with E-state index in [4.69, 9.17) is 10.5 Å². The minimum absolute atomic E-state index is 0.508. The Morgan fingerprint density at radius 1 is 0.852 bits per heavy atom. The molecule has 0 saturated carbocycles. The van der Waals surface area contributed by atoms with Crippen LogP contribution in [0.1, 0.15) is 22.8 Å². The molecule has 0 fully saturated rings. The maximum atomic E-state index is 11.7. The number of nitrogens with two attached hydrogens (primary N) is 1. The molecule has 0 aliphatic heterocycles. The maximum absolute atomic E-state index is 11.7. The second-order valence-electron chi connectivity index (χ2n) is 6.15. The minimum Gasteiger partial charge on any atom is -0.410 e. The van der Waals surface area contributed by atoms with Gasteiger partial charge in [-0.05, 0) is 64.1 Å². The van der Waals surface area contributed by atoms with E-state index in [2.05, 4.69) is 15.3 Å². The Morgan fingerprint density at radius 2 is 1.33 bits per heavy atom. The van der Waals surface area contributed by atoms with Crippen LogP contribution >= 0.6 is 0 Å². The van der Waals surface area contributed by atoms with Crippen LogP contribution in [0.25, 0.3) is 0 Å². The van der Waals surface area contributed by atoms with Crippen molar-refractivity contribution in [3.63, 3.8) is 0 Å². The first kappa shape index (κ1) is 19.9. The van der Waals surface area contributed by atoms with Gasteiger partial charge in [-0.2, -0.15) is 0 Å².